The summed E-state index contributed by atoms with van der Waals surface area (Å²) in [6.07, 6.45) is 1.76. The van der Waals surface area contributed by atoms with Crippen LogP contribution in [0.15, 0.2) is 42.5 Å². The first-order chi connectivity index (χ1) is 18.9. The Morgan fingerprint density at radius 1 is 0.744 bits per heavy atom. The van der Waals surface area contributed by atoms with Crippen molar-refractivity contribution in [2.75, 3.05) is 54.4 Å². The lowest BCUT2D eigenvalue weighted by atomic mass is 9.89. The maximum absolute atomic E-state index is 12.8. The summed E-state index contributed by atoms with van der Waals surface area (Å²) in [6.45, 7) is 3.91. The van der Waals surface area contributed by atoms with E-state index in [2.05, 4.69) is 10.2 Å². The molecule has 1 aliphatic carbocycles. The zero-order chi connectivity index (χ0) is 27.1. The summed E-state index contributed by atoms with van der Waals surface area (Å²) in [7, 11) is 0. The molecule has 2 aromatic carbocycles. The van der Waals surface area contributed by atoms with Crippen LogP contribution in [0.5, 0.6) is 0 Å². The minimum Gasteiger partial charge on any atom is -0.340 e. The van der Waals surface area contributed by atoms with Gasteiger partial charge in [0.2, 0.25) is 17.8 Å². The normalized spacial score (nSPS) is 24.5. The van der Waals surface area contributed by atoms with Gasteiger partial charge in [-0.2, -0.15) is 15.0 Å². The average Bonchev–Trinajstić information content (AvgIpc) is 3.23. The predicted molar refractivity (Wildman–Crippen MR) is 153 cm³/mol. The Bertz CT molecular complexity index is 1360. The number of aromatic nitrogens is 3. The van der Waals surface area contributed by atoms with Crippen molar-refractivity contribution in [3.8, 4) is 11.1 Å². The number of nitrogens with one attached hydrogen (secondary N) is 1. The first kappa shape index (κ1) is 25.6. The molecule has 2 aliphatic heterocycles. The van der Waals surface area contributed by atoms with Crippen LogP contribution in [0.2, 0.25) is 0 Å². The van der Waals surface area contributed by atoms with Gasteiger partial charge in [-0.25, -0.2) is 0 Å². The lowest BCUT2D eigenvalue weighted by Crippen LogP contribution is -2.53. The number of rotatable bonds is 6. The third-order valence-corrected chi connectivity index (χ3v) is 7.97. The van der Waals surface area contributed by atoms with Crippen LogP contribution in [-0.2, 0) is 0 Å². The molecular formula is C28H36N10O. The molecule has 39 heavy (non-hydrogen) atoms. The van der Waals surface area contributed by atoms with E-state index < -0.39 is 0 Å². The Morgan fingerprint density at radius 3 is 1.97 bits per heavy atom. The van der Waals surface area contributed by atoms with Crippen LogP contribution in [0.3, 0.4) is 0 Å². The first-order valence-corrected chi connectivity index (χ1v) is 13.6. The first-order valence-electron chi connectivity index (χ1n) is 13.6. The van der Waals surface area contributed by atoms with Crippen LogP contribution in [-0.4, -0.2) is 72.1 Å². The number of anilines is 4. The van der Waals surface area contributed by atoms with Crippen molar-refractivity contribution >= 4 is 29.3 Å². The van der Waals surface area contributed by atoms with Crippen molar-refractivity contribution in [1.29, 1.82) is 0 Å². The van der Waals surface area contributed by atoms with Gasteiger partial charge in [0.05, 0.1) is 0 Å². The van der Waals surface area contributed by atoms with E-state index in [4.69, 9.17) is 37.9 Å². The second-order valence-corrected chi connectivity index (χ2v) is 11.0. The van der Waals surface area contributed by atoms with Crippen molar-refractivity contribution in [2.45, 2.75) is 24.9 Å². The van der Waals surface area contributed by atoms with E-state index in [9.17, 15) is 4.79 Å². The van der Waals surface area contributed by atoms with E-state index in [0.29, 0.717) is 61.4 Å². The van der Waals surface area contributed by atoms with Gasteiger partial charge in [-0.15, -0.1) is 0 Å². The van der Waals surface area contributed by atoms with Gasteiger partial charge < -0.3 is 38.1 Å². The van der Waals surface area contributed by atoms with Gasteiger partial charge in [-0.3, -0.25) is 4.79 Å². The molecule has 204 valence electrons. The molecule has 3 aromatic rings. The Balaban J connectivity index is 1.36. The van der Waals surface area contributed by atoms with E-state index in [0.717, 1.165) is 48.3 Å². The minimum absolute atomic E-state index is 0.0451. The monoisotopic (exact) mass is 528 g/mol. The maximum Gasteiger partial charge on any atom is 0.233 e. The molecule has 2 fully saturated rings. The molecular weight excluding hydrogens is 492 g/mol. The fraction of sp³-hybridized carbons (Fsp3) is 0.429. The fourth-order valence-electron chi connectivity index (χ4n) is 6.09. The van der Waals surface area contributed by atoms with E-state index in [1.165, 1.54) is 0 Å². The third-order valence-electron chi connectivity index (χ3n) is 7.97. The predicted octanol–water partition coefficient (Wildman–Crippen LogP) is 1.05. The highest BCUT2D eigenvalue weighted by molar-refractivity contribution is 6.22. The number of hydrogen-bond acceptors (Lipinski definition) is 11. The van der Waals surface area contributed by atoms with E-state index in [1.807, 2.05) is 47.4 Å². The number of carbonyl (C=O) groups excluding carboxylic acids is 1. The lowest BCUT2D eigenvalue weighted by molar-refractivity contribution is 0.104. The number of nitrogens with two attached hydrogens (primary N) is 4. The molecule has 11 nitrogen and oxygen atoms in total. The molecule has 2 saturated heterocycles. The molecule has 1 aromatic heterocycles. The fourth-order valence-corrected chi connectivity index (χ4v) is 6.09. The molecule has 0 spiro atoms. The lowest BCUT2D eigenvalue weighted by Gasteiger charge is -2.38. The number of ketones is 1. The van der Waals surface area contributed by atoms with Crippen molar-refractivity contribution in [3.05, 3.63) is 53.6 Å². The van der Waals surface area contributed by atoms with Crippen molar-refractivity contribution < 1.29 is 4.79 Å². The third kappa shape index (κ3) is 5.06. The zero-order valence-electron chi connectivity index (χ0n) is 22.0. The maximum atomic E-state index is 12.8. The van der Waals surface area contributed by atoms with Gasteiger partial charge >= 0.3 is 0 Å². The molecule has 0 bridgehead atoms. The van der Waals surface area contributed by atoms with Crippen LogP contribution < -0.4 is 38.1 Å². The standard InChI is InChI=1S/C28H36N10O/c29-10-16-7-17(11-30)13-37(12-16)27-34-26(35-28(36-27)38-14-18(31)8-19(32)15-38)33-20-5-6-23-24(9-20)21-3-1-2-4-22(21)25(23)39/h1-6,9,16-19H,7-8,10-15,29-32H2,(H,33,34,35,36)/t16-,17+,18-,19+. The van der Waals surface area contributed by atoms with E-state index >= 15 is 0 Å². The Morgan fingerprint density at radius 2 is 1.33 bits per heavy atom. The average molecular weight is 529 g/mol. The molecule has 4 atom stereocenters. The van der Waals surface area contributed by atoms with Gasteiger partial charge in [-0.1, -0.05) is 24.3 Å². The number of benzene rings is 2. The molecule has 6 rings (SSSR count). The number of hydrogen-bond donors (Lipinski definition) is 5. The summed E-state index contributed by atoms with van der Waals surface area (Å²) in [4.78, 5) is 31.5. The summed E-state index contributed by atoms with van der Waals surface area (Å²) < 4.78 is 0. The minimum atomic E-state index is -0.0575. The number of nitrogens with zero attached hydrogens (tertiary/aromatic N) is 5. The van der Waals surface area contributed by atoms with Crippen LogP contribution in [0.1, 0.15) is 28.8 Å². The van der Waals surface area contributed by atoms with Crippen LogP contribution in [0.25, 0.3) is 11.1 Å². The summed E-state index contributed by atoms with van der Waals surface area (Å²) in [5.41, 5.74) is 28.8. The van der Waals surface area contributed by atoms with E-state index in [1.54, 1.807) is 0 Å². The highest BCUT2D eigenvalue weighted by Gasteiger charge is 2.31. The van der Waals surface area contributed by atoms with Gasteiger partial charge in [0, 0.05) is 55.1 Å². The van der Waals surface area contributed by atoms with E-state index in [-0.39, 0.29) is 17.9 Å². The van der Waals surface area contributed by atoms with Crippen LogP contribution in [0, 0.1) is 11.8 Å². The summed E-state index contributed by atoms with van der Waals surface area (Å²) in [6, 6.07) is 13.3. The number of piperidine rings is 2. The quantitative estimate of drug-likeness (QED) is 0.241. The molecule has 0 unspecified atom stereocenters. The van der Waals surface area contributed by atoms with Gasteiger partial charge in [-0.05, 0) is 67.1 Å². The Kier molecular flexibility index (Phi) is 6.90. The second kappa shape index (κ2) is 10.5. The molecule has 0 radical (unpaired) electrons. The second-order valence-electron chi connectivity index (χ2n) is 11.0. The van der Waals surface area contributed by atoms with Gasteiger partial charge in [0.15, 0.2) is 5.78 Å². The highest BCUT2D eigenvalue weighted by atomic mass is 16.1. The SMILES string of the molecule is NC[C@@H]1C[C@H](CN)CN(c2nc(Nc3ccc4c(c3)-c3ccccc3C4=O)nc(N3C[C@H](N)C[C@H](N)C3)n2)C1. The Labute approximate surface area is 228 Å². The largest absolute Gasteiger partial charge is 0.340 e. The molecule has 11 heteroatoms. The topological polar surface area (TPSA) is 178 Å². The summed E-state index contributed by atoms with van der Waals surface area (Å²) >= 11 is 0. The highest BCUT2D eigenvalue weighted by Crippen LogP contribution is 2.38. The molecule has 3 aliphatic rings. The molecule has 0 saturated carbocycles. The zero-order valence-corrected chi connectivity index (χ0v) is 22.0. The Hall–Kier alpha value is -3.64. The number of carbonyl (C=O) groups is 1. The molecule has 0 amide bonds. The van der Waals surface area contributed by atoms with Crippen LogP contribution >= 0.6 is 0 Å². The molecule has 3 heterocycles. The van der Waals surface area contributed by atoms with Crippen molar-refractivity contribution in [2.24, 2.45) is 34.8 Å². The van der Waals surface area contributed by atoms with Crippen molar-refractivity contribution in [3.63, 3.8) is 0 Å². The van der Waals surface area contributed by atoms with Crippen molar-refractivity contribution in [1.82, 2.24) is 15.0 Å². The summed E-state index contributed by atoms with van der Waals surface area (Å²) in [5.74, 6) is 2.20. The van der Waals surface area contributed by atoms with Gasteiger partial charge in [0.1, 0.15) is 0 Å². The smallest absolute Gasteiger partial charge is 0.233 e. The van der Waals surface area contributed by atoms with Crippen LogP contribution in [0.4, 0.5) is 23.5 Å². The number of fused-ring (bicyclic) bond motifs is 3. The summed E-state index contributed by atoms with van der Waals surface area (Å²) in [5, 5.41) is 3.37. The van der Waals surface area contributed by atoms with Gasteiger partial charge in [0.25, 0.3) is 0 Å². The molecule has 9 N–H and O–H groups in total.